The molecule has 3 unspecified atom stereocenters. The lowest BCUT2D eigenvalue weighted by Crippen LogP contribution is -2.18. The van der Waals surface area contributed by atoms with Crippen LogP contribution in [-0.4, -0.2) is 20.2 Å². The minimum Gasteiger partial charge on any atom is -0.399 e. The predicted molar refractivity (Wildman–Crippen MR) is 78.9 cm³/mol. The highest BCUT2D eigenvalue weighted by molar-refractivity contribution is 5.60. The Bertz CT molecular complexity index is 591. The van der Waals surface area contributed by atoms with Crippen LogP contribution in [0.2, 0.25) is 0 Å². The number of nitrogens with zero attached hydrogens (tertiary/aromatic N) is 4. The lowest BCUT2D eigenvalue weighted by molar-refractivity contribution is 0.310. The molecule has 1 aliphatic carbocycles. The largest absolute Gasteiger partial charge is 0.399 e. The molecule has 106 valence electrons. The average Bonchev–Trinajstić information content (AvgIpc) is 3.04. The maximum absolute atomic E-state index is 5.86. The van der Waals surface area contributed by atoms with Gasteiger partial charge in [0.25, 0.3) is 0 Å². The van der Waals surface area contributed by atoms with Crippen LogP contribution in [0.3, 0.4) is 0 Å². The minimum absolute atomic E-state index is 0.395. The quantitative estimate of drug-likeness (QED) is 0.871. The van der Waals surface area contributed by atoms with Crippen molar-refractivity contribution in [3.63, 3.8) is 0 Å². The molecule has 2 N–H and O–H groups in total. The molecule has 1 fully saturated rings. The van der Waals surface area contributed by atoms with Gasteiger partial charge >= 0.3 is 0 Å². The first-order valence-corrected chi connectivity index (χ1v) is 7.34. The SMILES string of the molecule is CCC1CCC(n2nnnc2-c2cccc(N)c2)C1C. The zero-order valence-corrected chi connectivity index (χ0v) is 12.0. The molecule has 20 heavy (non-hydrogen) atoms. The Labute approximate surface area is 119 Å². The smallest absolute Gasteiger partial charge is 0.182 e. The highest BCUT2D eigenvalue weighted by Gasteiger charge is 2.35. The Balaban J connectivity index is 1.95. The summed E-state index contributed by atoms with van der Waals surface area (Å²) in [4.78, 5) is 0. The molecule has 3 atom stereocenters. The number of hydrogen-bond donors (Lipinski definition) is 1. The Hall–Kier alpha value is -1.91. The van der Waals surface area contributed by atoms with Crippen molar-refractivity contribution in [2.24, 2.45) is 11.8 Å². The van der Waals surface area contributed by atoms with Crippen molar-refractivity contribution >= 4 is 5.69 Å². The summed E-state index contributed by atoms with van der Waals surface area (Å²) >= 11 is 0. The van der Waals surface area contributed by atoms with E-state index in [1.165, 1.54) is 12.8 Å². The Morgan fingerprint density at radius 3 is 2.90 bits per heavy atom. The van der Waals surface area contributed by atoms with Crippen molar-refractivity contribution in [2.45, 2.75) is 39.2 Å². The number of benzene rings is 1. The molecule has 5 heteroatoms. The van der Waals surface area contributed by atoms with Crippen LogP contribution in [0, 0.1) is 11.8 Å². The third-order valence-corrected chi connectivity index (χ3v) is 4.66. The van der Waals surface area contributed by atoms with Gasteiger partial charge in [0.1, 0.15) is 0 Å². The van der Waals surface area contributed by atoms with E-state index < -0.39 is 0 Å². The van der Waals surface area contributed by atoms with E-state index >= 15 is 0 Å². The number of nitrogen functional groups attached to an aromatic ring is 1. The Morgan fingerprint density at radius 2 is 2.20 bits per heavy atom. The zero-order valence-electron chi connectivity index (χ0n) is 12.0. The van der Waals surface area contributed by atoms with Crippen molar-refractivity contribution in [1.29, 1.82) is 0 Å². The molecule has 0 spiro atoms. The molecule has 0 bridgehead atoms. The molecular formula is C15H21N5. The second-order valence-electron chi connectivity index (χ2n) is 5.74. The van der Waals surface area contributed by atoms with Gasteiger partial charge in [0, 0.05) is 11.3 Å². The van der Waals surface area contributed by atoms with Crippen LogP contribution < -0.4 is 5.73 Å². The van der Waals surface area contributed by atoms with E-state index in [1.807, 2.05) is 28.9 Å². The van der Waals surface area contributed by atoms with Gasteiger partial charge in [-0.15, -0.1) is 5.10 Å². The number of aromatic nitrogens is 4. The summed E-state index contributed by atoms with van der Waals surface area (Å²) in [7, 11) is 0. The van der Waals surface area contributed by atoms with Crippen molar-refractivity contribution in [1.82, 2.24) is 20.2 Å². The summed E-state index contributed by atoms with van der Waals surface area (Å²) in [6.07, 6.45) is 3.64. The first-order valence-electron chi connectivity index (χ1n) is 7.34. The minimum atomic E-state index is 0.395. The monoisotopic (exact) mass is 271 g/mol. The van der Waals surface area contributed by atoms with Crippen LogP contribution in [0.5, 0.6) is 0 Å². The van der Waals surface area contributed by atoms with Gasteiger partial charge in [0.05, 0.1) is 6.04 Å². The van der Waals surface area contributed by atoms with Crippen molar-refractivity contribution in [3.05, 3.63) is 24.3 Å². The van der Waals surface area contributed by atoms with Crippen LogP contribution in [0.25, 0.3) is 11.4 Å². The number of anilines is 1. The van der Waals surface area contributed by atoms with E-state index in [-0.39, 0.29) is 0 Å². The van der Waals surface area contributed by atoms with Gasteiger partial charge < -0.3 is 5.73 Å². The highest BCUT2D eigenvalue weighted by Crippen LogP contribution is 2.42. The molecule has 0 amide bonds. The summed E-state index contributed by atoms with van der Waals surface area (Å²) in [5.41, 5.74) is 7.59. The number of hydrogen-bond acceptors (Lipinski definition) is 4. The van der Waals surface area contributed by atoms with Gasteiger partial charge in [0.15, 0.2) is 5.82 Å². The van der Waals surface area contributed by atoms with Gasteiger partial charge in [-0.2, -0.15) is 0 Å². The topological polar surface area (TPSA) is 69.6 Å². The van der Waals surface area contributed by atoms with Crippen LogP contribution in [-0.2, 0) is 0 Å². The Kier molecular flexibility index (Phi) is 3.42. The van der Waals surface area contributed by atoms with Crippen LogP contribution >= 0.6 is 0 Å². The molecule has 1 aliphatic rings. The summed E-state index contributed by atoms with van der Waals surface area (Å²) in [6, 6.07) is 8.15. The molecule has 1 saturated carbocycles. The van der Waals surface area contributed by atoms with E-state index in [1.54, 1.807) is 0 Å². The van der Waals surface area contributed by atoms with Crippen molar-refractivity contribution in [3.8, 4) is 11.4 Å². The van der Waals surface area contributed by atoms with E-state index in [2.05, 4.69) is 29.4 Å². The maximum Gasteiger partial charge on any atom is 0.182 e. The second-order valence-corrected chi connectivity index (χ2v) is 5.74. The maximum atomic E-state index is 5.86. The fraction of sp³-hybridized carbons (Fsp3) is 0.533. The summed E-state index contributed by atoms with van der Waals surface area (Å²) in [5.74, 6) is 2.21. The van der Waals surface area contributed by atoms with Gasteiger partial charge in [-0.3, -0.25) is 0 Å². The van der Waals surface area contributed by atoms with E-state index in [0.717, 1.165) is 29.4 Å². The zero-order chi connectivity index (χ0) is 14.1. The van der Waals surface area contributed by atoms with Gasteiger partial charge in [-0.1, -0.05) is 32.4 Å². The molecule has 2 aromatic rings. The second kappa shape index (κ2) is 5.23. The predicted octanol–water partition coefficient (Wildman–Crippen LogP) is 2.92. The number of nitrogens with two attached hydrogens (primary N) is 1. The highest BCUT2D eigenvalue weighted by atomic mass is 15.6. The van der Waals surface area contributed by atoms with Crippen LogP contribution in [0.15, 0.2) is 24.3 Å². The first-order chi connectivity index (χ1) is 9.70. The molecule has 5 nitrogen and oxygen atoms in total. The third-order valence-electron chi connectivity index (χ3n) is 4.66. The van der Waals surface area contributed by atoms with Gasteiger partial charge in [0.2, 0.25) is 0 Å². The van der Waals surface area contributed by atoms with Crippen LogP contribution in [0.1, 0.15) is 39.2 Å². The normalized spacial score (nSPS) is 26.0. The fourth-order valence-corrected chi connectivity index (χ4v) is 3.43. The van der Waals surface area contributed by atoms with Crippen molar-refractivity contribution < 1.29 is 0 Å². The summed E-state index contributed by atoms with van der Waals surface area (Å²) in [6.45, 7) is 4.58. The number of rotatable bonds is 3. The average molecular weight is 271 g/mol. The standard InChI is InChI=1S/C15H21N5/c1-3-11-7-8-14(10(11)2)20-15(17-18-19-20)12-5-4-6-13(16)9-12/h4-6,9-11,14H,3,7-8,16H2,1-2H3. The number of tetrazole rings is 1. The summed E-state index contributed by atoms with van der Waals surface area (Å²) in [5, 5.41) is 12.3. The molecule has 1 aromatic carbocycles. The molecule has 1 aromatic heterocycles. The van der Waals surface area contributed by atoms with E-state index in [0.29, 0.717) is 12.0 Å². The molecule has 0 aliphatic heterocycles. The molecule has 0 saturated heterocycles. The first kappa shape index (κ1) is 13.1. The van der Waals surface area contributed by atoms with Crippen molar-refractivity contribution in [2.75, 3.05) is 5.73 Å². The molecular weight excluding hydrogens is 250 g/mol. The lowest BCUT2D eigenvalue weighted by atomic mass is 9.93. The van der Waals surface area contributed by atoms with Gasteiger partial charge in [-0.25, -0.2) is 4.68 Å². The Morgan fingerprint density at radius 1 is 1.35 bits per heavy atom. The molecule has 0 radical (unpaired) electrons. The fourth-order valence-electron chi connectivity index (χ4n) is 3.43. The van der Waals surface area contributed by atoms with E-state index in [9.17, 15) is 0 Å². The van der Waals surface area contributed by atoms with E-state index in [4.69, 9.17) is 5.73 Å². The van der Waals surface area contributed by atoms with Crippen LogP contribution in [0.4, 0.5) is 5.69 Å². The summed E-state index contributed by atoms with van der Waals surface area (Å²) < 4.78 is 2.00. The molecule has 3 rings (SSSR count). The molecule has 1 heterocycles. The lowest BCUT2D eigenvalue weighted by Gasteiger charge is -2.20. The van der Waals surface area contributed by atoms with Gasteiger partial charge in [-0.05, 0) is 47.2 Å². The third kappa shape index (κ3) is 2.17.